The van der Waals surface area contributed by atoms with E-state index in [1.807, 2.05) is 6.08 Å². The average Bonchev–Trinajstić information content (AvgIpc) is 2.02. The van der Waals surface area contributed by atoms with Gasteiger partial charge in [0.05, 0.1) is 18.6 Å². The summed E-state index contributed by atoms with van der Waals surface area (Å²) in [5.41, 5.74) is 0.746. The second-order valence-electron chi connectivity index (χ2n) is 1.83. The van der Waals surface area contributed by atoms with Gasteiger partial charge in [0.15, 0.2) is 0 Å². The fourth-order valence-corrected chi connectivity index (χ4v) is 0.520. The molecule has 0 aromatic carbocycles. The van der Waals surface area contributed by atoms with Crippen LogP contribution in [0, 0.1) is 0 Å². The average molecular weight is 135 g/mol. The molecule has 52 valence electrons. The standard InChI is InChI=1S/C7H9N3/c1-7-5-8-3-2-4-9-6-10-7/h2-3,5-6H,1,4H2,(H,9,10)/b3-2-,8-5-. The highest BCUT2D eigenvalue weighted by Crippen LogP contribution is 1.82. The minimum atomic E-state index is 0.664. The molecule has 1 heterocycles. The Morgan fingerprint density at radius 3 is 3.40 bits per heavy atom. The number of rotatable bonds is 0. The summed E-state index contributed by atoms with van der Waals surface area (Å²) in [5.74, 6) is 0. The Labute approximate surface area is 59.9 Å². The molecule has 0 amide bonds. The van der Waals surface area contributed by atoms with Gasteiger partial charge >= 0.3 is 0 Å². The van der Waals surface area contributed by atoms with E-state index >= 15 is 0 Å². The van der Waals surface area contributed by atoms with E-state index in [9.17, 15) is 0 Å². The smallest absolute Gasteiger partial charge is 0.0872 e. The minimum absolute atomic E-state index is 0.664. The van der Waals surface area contributed by atoms with E-state index in [4.69, 9.17) is 0 Å². The molecule has 0 aliphatic carbocycles. The van der Waals surface area contributed by atoms with Crippen molar-refractivity contribution in [2.75, 3.05) is 6.54 Å². The summed E-state index contributed by atoms with van der Waals surface area (Å²) in [6.07, 6.45) is 6.83. The molecule has 1 aliphatic rings. The summed E-state index contributed by atoms with van der Waals surface area (Å²) in [5, 5.41) is 2.85. The van der Waals surface area contributed by atoms with Crippen molar-refractivity contribution >= 4 is 12.6 Å². The van der Waals surface area contributed by atoms with E-state index < -0.39 is 0 Å². The van der Waals surface area contributed by atoms with Crippen molar-refractivity contribution < 1.29 is 0 Å². The number of aliphatic imine (C=N–C) groups is 2. The first-order valence-corrected chi connectivity index (χ1v) is 3.01. The van der Waals surface area contributed by atoms with Crippen LogP contribution in [0.4, 0.5) is 0 Å². The molecule has 1 rings (SSSR count). The molecular weight excluding hydrogens is 126 g/mol. The first kappa shape index (κ1) is 6.74. The summed E-state index contributed by atoms with van der Waals surface area (Å²) < 4.78 is 0. The molecule has 3 heteroatoms. The maximum Gasteiger partial charge on any atom is 0.0872 e. The number of hydrogen-bond donors (Lipinski definition) is 1. The maximum atomic E-state index is 3.98. The third-order valence-corrected chi connectivity index (χ3v) is 0.974. The highest BCUT2D eigenvalue weighted by molar-refractivity contribution is 5.81. The van der Waals surface area contributed by atoms with Crippen molar-refractivity contribution in [3.05, 3.63) is 24.6 Å². The Morgan fingerprint density at radius 1 is 1.60 bits per heavy atom. The van der Waals surface area contributed by atoms with Crippen LogP contribution >= 0.6 is 0 Å². The van der Waals surface area contributed by atoms with Gasteiger partial charge in [-0.05, 0) is 6.08 Å². The van der Waals surface area contributed by atoms with Crippen molar-refractivity contribution in [2.45, 2.75) is 0 Å². The number of hydrogen-bond acceptors (Lipinski definition) is 3. The summed E-state index contributed by atoms with van der Waals surface area (Å²) >= 11 is 0. The normalized spacial score (nSPS) is 27.0. The molecule has 0 fully saturated rings. The van der Waals surface area contributed by atoms with Gasteiger partial charge in [-0.2, -0.15) is 0 Å². The van der Waals surface area contributed by atoms with Crippen molar-refractivity contribution in [3.8, 4) is 0 Å². The van der Waals surface area contributed by atoms with Crippen LogP contribution in [0.1, 0.15) is 0 Å². The topological polar surface area (TPSA) is 36.8 Å². The van der Waals surface area contributed by atoms with E-state index in [-0.39, 0.29) is 0 Å². The van der Waals surface area contributed by atoms with Crippen LogP contribution in [-0.2, 0) is 0 Å². The quantitative estimate of drug-likeness (QED) is 0.522. The Balaban J connectivity index is 2.62. The first-order valence-electron chi connectivity index (χ1n) is 3.01. The van der Waals surface area contributed by atoms with Gasteiger partial charge in [-0.1, -0.05) is 6.58 Å². The lowest BCUT2D eigenvalue weighted by atomic mass is 10.5. The summed E-state index contributed by atoms with van der Waals surface area (Å²) in [6.45, 7) is 4.34. The van der Waals surface area contributed by atoms with Gasteiger partial charge in [-0.15, -0.1) is 0 Å². The minimum Gasteiger partial charge on any atom is -0.346 e. The van der Waals surface area contributed by atoms with Gasteiger partial charge in [0.1, 0.15) is 0 Å². The molecule has 0 spiro atoms. The predicted molar refractivity (Wildman–Crippen MR) is 43.3 cm³/mol. The van der Waals surface area contributed by atoms with Crippen molar-refractivity contribution in [3.63, 3.8) is 0 Å². The van der Waals surface area contributed by atoms with Crippen molar-refractivity contribution in [2.24, 2.45) is 9.98 Å². The number of nitrogens with one attached hydrogen (secondary N) is 1. The third kappa shape index (κ3) is 2.26. The second kappa shape index (κ2) is 3.61. The van der Waals surface area contributed by atoms with Crippen molar-refractivity contribution in [1.29, 1.82) is 0 Å². The molecule has 1 N–H and O–H groups in total. The number of nitrogens with zero attached hydrogens (tertiary/aromatic N) is 2. The molecule has 0 radical (unpaired) electrons. The fraction of sp³-hybridized carbons (Fsp3) is 0.143. The maximum absolute atomic E-state index is 3.98. The molecule has 0 bridgehead atoms. The molecule has 1 aliphatic heterocycles. The van der Waals surface area contributed by atoms with E-state index in [0.717, 1.165) is 5.70 Å². The molecule has 0 saturated heterocycles. The molecular formula is C7H9N3. The zero-order chi connectivity index (χ0) is 7.23. The van der Waals surface area contributed by atoms with E-state index in [1.54, 1.807) is 18.8 Å². The lowest BCUT2D eigenvalue weighted by Crippen LogP contribution is -2.09. The Bertz CT molecular complexity index is 201. The third-order valence-electron chi connectivity index (χ3n) is 0.974. The molecule has 0 atom stereocenters. The van der Waals surface area contributed by atoms with Gasteiger partial charge in [-0.25, -0.2) is 0 Å². The summed E-state index contributed by atoms with van der Waals surface area (Å²) in [4.78, 5) is 7.90. The van der Waals surface area contributed by atoms with Gasteiger partial charge in [0, 0.05) is 12.4 Å². The van der Waals surface area contributed by atoms with Gasteiger partial charge in [0.25, 0.3) is 0 Å². The molecule has 0 unspecified atom stereocenters. The van der Waals surface area contributed by atoms with Crippen LogP contribution in [0.15, 0.2) is 34.5 Å². The second-order valence-corrected chi connectivity index (χ2v) is 1.83. The zero-order valence-corrected chi connectivity index (χ0v) is 5.62. The molecule has 0 aromatic rings. The first-order chi connectivity index (χ1) is 4.89. The lowest BCUT2D eigenvalue weighted by molar-refractivity contribution is 1.19. The summed E-state index contributed by atoms with van der Waals surface area (Å²) in [6, 6.07) is 0. The Morgan fingerprint density at radius 2 is 2.50 bits per heavy atom. The Kier molecular flexibility index (Phi) is 2.43. The van der Waals surface area contributed by atoms with Crippen LogP contribution in [0.25, 0.3) is 0 Å². The van der Waals surface area contributed by atoms with Gasteiger partial charge in [0.2, 0.25) is 0 Å². The van der Waals surface area contributed by atoms with E-state index in [0.29, 0.717) is 6.54 Å². The van der Waals surface area contributed by atoms with E-state index in [2.05, 4.69) is 21.9 Å². The number of allylic oxidation sites excluding steroid dienone is 1. The van der Waals surface area contributed by atoms with Crippen molar-refractivity contribution in [1.82, 2.24) is 5.32 Å². The highest BCUT2D eigenvalue weighted by Gasteiger charge is 1.82. The monoisotopic (exact) mass is 135 g/mol. The zero-order valence-electron chi connectivity index (χ0n) is 5.62. The molecule has 3 nitrogen and oxygen atoms in total. The van der Waals surface area contributed by atoms with Crippen LogP contribution in [0.3, 0.4) is 0 Å². The Hall–Kier alpha value is -1.38. The largest absolute Gasteiger partial charge is 0.346 e. The molecule has 10 heavy (non-hydrogen) atoms. The lowest BCUT2D eigenvalue weighted by Gasteiger charge is -1.93. The predicted octanol–water partition coefficient (Wildman–Crippen LogP) is 0.716. The highest BCUT2D eigenvalue weighted by atomic mass is 15.0. The van der Waals surface area contributed by atoms with Gasteiger partial charge in [-0.3, -0.25) is 9.98 Å². The van der Waals surface area contributed by atoms with Crippen LogP contribution in [-0.4, -0.2) is 19.1 Å². The van der Waals surface area contributed by atoms with Gasteiger partial charge < -0.3 is 5.32 Å². The van der Waals surface area contributed by atoms with Crippen LogP contribution in [0.2, 0.25) is 0 Å². The summed E-state index contributed by atoms with van der Waals surface area (Å²) in [7, 11) is 0. The fourth-order valence-electron chi connectivity index (χ4n) is 0.520. The SMILES string of the molecule is C=C1/C=N\C=C/C/N=C\N1. The van der Waals surface area contributed by atoms with E-state index in [1.165, 1.54) is 0 Å². The van der Waals surface area contributed by atoms with Crippen LogP contribution < -0.4 is 5.32 Å². The molecule has 0 aromatic heterocycles. The molecule has 0 saturated carbocycles. The van der Waals surface area contributed by atoms with Crippen LogP contribution in [0.5, 0.6) is 0 Å².